The first-order chi connectivity index (χ1) is 14.1. The highest BCUT2D eigenvalue weighted by molar-refractivity contribution is 14.1. The number of sulfonamides is 1. The fraction of sp³-hybridized carbons (Fsp3) is 0.136. The summed E-state index contributed by atoms with van der Waals surface area (Å²) in [4.78, 5) is 0.131. The number of benzene rings is 3. The summed E-state index contributed by atoms with van der Waals surface area (Å²) in [5.74, 6) is 0. The van der Waals surface area contributed by atoms with E-state index in [-0.39, 0.29) is 4.90 Å². The molecule has 3 rings (SSSR count). The van der Waals surface area contributed by atoms with Crippen LogP contribution in [0.3, 0.4) is 0 Å². The maximum absolute atomic E-state index is 13.1. The Balaban J connectivity index is 1.86. The van der Waals surface area contributed by atoms with Gasteiger partial charge in [-0.3, -0.25) is 4.72 Å². The number of hydrogen-bond donors (Lipinski definition) is 3. The fourth-order valence-corrected chi connectivity index (χ4v) is 4.72. The molecule has 0 atom stereocenters. The average Bonchev–Trinajstić information content (AvgIpc) is 2.67. The zero-order valence-electron chi connectivity index (χ0n) is 16.8. The second-order valence-corrected chi connectivity index (χ2v) is 10.3. The quantitative estimate of drug-likeness (QED) is 0.275. The summed E-state index contributed by atoms with van der Waals surface area (Å²) in [7, 11) is -3.82. The third kappa shape index (κ3) is 5.71. The monoisotopic (exact) mass is 551 g/mol. The van der Waals surface area contributed by atoms with E-state index in [9.17, 15) is 8.42 Å². The Bertz CT molecular complexity index is 1190. The van der Waals surface area contributed by atoms with Crippen LogP contribution in [0.5, 0.6) is 0 Å². The largest absolute Gasteiger partial charge is 0.332 e. The van der Waals surface area contributed by atoms with Gasteiger partial charge in [-0.25, -0.2) is 8.42 Å². The molecule has 0 bridgehead atoms. The van der Waals surface area contributed by atoms with Crippen LogP contribution in [-0.2, 0) is 10.0 Å². The van der Waals surface area contributed by atoms with Crippen molar-refractivity contribution in [3.05, 3.63) is 80.9 Å². The minimum atomic E-state index is -3.82. The van der Waals surface area contributed by atoms with E-state index >= 15 is 0 Å². The Morgan fingerprint density at radius 1 is 0.833 bits per heavy atom. The molecule has 8 heteroatoms. The molecule has 0 saturated heterocycles. The molecule has 0 heterocycles. The molecule has 0 aliphatic rings. The second-order valence-electron chi connectivity index (χ2n) is 7.01. The average molecular weight is 551 g/mol. The van der Waals surface area contributed by atoms with Crippen LogP contribution in [0.25, 0.3) is 0 Å². The van der Waals surface area contributed by atoms with Crippen molar-refractivity contribution in [1.29, 1.82) is 0 Å². The molecule has 0 amide bonds. The molecule has 3 aromatic carbocycles. The van der Waals surface area contributed by atoms with Gasteiger partial charge in [0.05, 0.1) is 5.69 Å². The van der Waals surface area contributed by atoms with Crippen LogP contribution in [0.4, 0.5) is 17.1 Å². The molecule has 0 spiro atoms. The van der Waals surface area contributed by atoms with Gasteiger partial charge in [-0.1, -0.05) is 18.2 Å². The Morgan fingerprint density at radius 3 is 2.13 bits per heavy atom. The molecule has 3 N–H and O–H groups in total. The van der Waals surface area contributed by atoms with Crippen molar-refractivity contribution in [2.75, 3.05) is 15.4 Å². The smallest absolute Gasteiger partial charge is 0.263 e. The van der Waals surface area contributed by atoms with Gasteiger partial charge in [0, 0.05) is 14.9 Å². The number of aryl methyl sites for hydroxylation is 3. The maximum Gasteiger partial charge on any atom is 0.263 e. The number of thiocarbonyl (C=S) groups is 1. The molecule has 0 aliphatic heterocycles. The molecular weight excluding hydrogens is 529 g/mol. The predicted octanol–water partition coefficient (Wildman–Crippen LogP) is 5.83. The van der Waals surface area contributed by atoms with Crippen molar-refractivity contribution in [3.63, 3.8) is 0 Å². The molecule has 3 aromatic rings. The highest BCUT2D eigenvalue weighted by Crippen LogP contribution is 2.26. The lowest BCUT2D eigenvalue weighted by molar-refractivity contribution is 0.601. The van der Waals surface area contributed by atoms with Gasteiger partial charge in [-0.15, -0.1) is 0 Å². The summed E-state index contributed by atoms with van der Waals surface area (Å²) in [6, 6.07) is 18.4. The number of hydrogen-bond acceptors (Lipinski definition) is 3. The van der Waals surface area contributed by atoms with Crippen LogP contribution in [0.2, 0.25) is 0 Å². The zero-order chi connectivity index (χ0) is 21.9. The van der Waals surface area contributed by atoms with Gasteiger partial charge in [0.1, 0.15) is 4.90 Å². The van der Waals surface area contributed by atoms with Crippen molar-refractivity contribution < 1.29 is 8.42 Å². The number of anilines is 3. The third-order valence-electron chi connectivity index (χ3n) is 4.41. The minimum Gasteiger partial charge on any atom is -0.332 e. The van der Waals surface area contributed by atoms with E-state index in [4.69, 9.17) is 12.2 Å². The molecule has 0 fully saturated rings. The molecule has 0 radical (unpaired) electrons. The van der Waals surface area contributed by atoms with Crippen molar-refractivity contribution in [3.8, 4) is 0 Å². The van der Waals surface area contributed by atoms with Gasteiger partial charge in [-0.2, -0.15) is 0 Å². The van der Waals surface area contributed by atoms with Crippen molar-refractivity contribution in [1.82, 2.24) is 0 Å². The van der Waals surface area contributed by atoms with Gasteiger partial charge in [0.25, 0.3) is 10.0 Å². The van der Waals surface area contributed by atoms with E-state index in [1.54, 1.807) is 24.3 Å². The van der Waals surface area contributed by atoms with Gasteiger partial charge < -0.3 is 10.6 Å². The molecule has 30 heavy (non-hydrogen) atoms. The van der Waals surface area contributed by atoms with Crippen molar-refractivity contribution in [2.45, 2.75) is 25.7 Å². The molecular formula is C22H22IN3O2S2. The number of nitrogens with one attached hydrogen (secondary N) is 3. The number of halogens is 1. The summed E-state index contributed by atoms with van der Waals surface area (Å²) in [6.07, 6.45) is 0. The summed E-state index contributed by atoms with van der Waals surface area (Å²) < 4.78 is 29.8. The predicted molar refractivity (Wildman–Crippen MR) is 137 cm³/mol. The van der Waals surface area contributed by atoms with E-state index in [2.05, 4.69) is 37.9 Å². The molecule has 5 nitrogen and oxygen atoms in total. The highest BCUT2D eigenvalue weighted by Gasteiger charge is 2.20. The molecule has 0 saturated carbocycles. The minimum absolute atomic E-state index is 0.131. The second kappa shape index (κ2) is 9.32. The van der Waals surface area contributed by atoms with E-state index in [0.717, 1.165) is 25.9 Å². The SMILES string of the molecule is Cc1ccc(C)c(NC(=S)Nc2ccc(C)cc2S(=O)(=O)Nc2ccc(I)cc2)c1. The van der Waals surface area contributed by atoms with E-state index in [1.807, 2.05) is 57.2 Å². The van der Waals surface area contributed by atoms with E-state index in [0.29, 0.717) is 16.5 Å². The van der Waals surface area contributed by atoms with E-state index in [1.165, 1.54) is 0 Å². The van der Waals surface area contributed by atoms with Crippen LogP contribution in [0, 0.1) is 24.3 Å². The first-order valence-electron chi connectivity index (χ1n) is 9.18. The first-order valence-corrected chi connectivity index (χ1v) is 12.2. The molecule has 0 unspecified atom stereocenters. The van der Waals surface area contributed by atoms with Gasteiger partial charge in [0.15, 0.2) is 5.11 Å². The van der Waals surface area contributed by atoms with Gasteiger partial charge in [-0.05, 0) is 115 Å². The lowest BCUT2D eigenvalue weighted by atomic mass is 10.1. The summed E-state index contributed by atoms with van der Waals surface area (Å²) in [5, 5.41) is 6.50. The maximum atomic E-state index is 13.1. The Morgan fingerprint density at radius 2 is 1.43 bits per heavy atom. The standard InChI is InChI=1S/C22H22IN3O2S2/c1-14-4-6-16(3)20(12-14)25-22(29)24-19-11-5-15(2)13-21(19)30(27,28)26-18-9-7-17(23)8-10-18/h4-13,26H,1-3H3,(H2,24,25,29). The van der Waals surface area contributed by atoms with Crippen LogP contribution in [0.1, 0.15) is 16.7 Å². The topological polar surface area (TPSA) is 70.2 Å². The zero-order valence-corrected chi connectivity index (χ0v) is 20.6. The van der Waals surface area contributed by atoms with Crippen LogP contribution < -0.4 is 15.4 Å². The van der Waals surface area contributed by atoms with Crippen LogP contribution in [0.15, 0.2) is 65.6 Å². The summed E-state index contributed by atoms with van der Waals surface area (Å²) in [6.45, 7) is 5.83. The Hall–Kier alpha value is -2.17. The Kier molecular flexibility index (Phi) is 6.99. The molecule has 156 valence electrons. The van der Waals surface area contributed by atoms with Crippen molar-refractivity contribution in [2.24, 2.45) is 0 Å². The lowest BCUT2D eigenvalue weighted by Crippen LogP contribution is -2.22. The van der Waals surface area contributed by atoms with Crippen molar-refractivity contribution >= 4 is 67.0 Å². The summed E-state index contributed by atoms with van der Waals surface area (Å²) >= 11 is 7.61. The fourth-order valence-electron chi connectivity index (χ4n) is 2.83. The first kappa shape index (κ1) is 22.5. The van der Waals surface area contributed by atoms with Gasteiger partial charge in [0.2, 0.25) is 0 Å². The molecule has 0 aromatic heterocycles. The highest BCUT2D eigenvalue weighted by atomic mass is 127. The Labute approximate surface area is 196 Å². The number of rotatable bonds is 5. The lowest BCUT2D eigenvalue weighted by Gasteiger charge is -2.17. The third-order valence-corrected chi connectivity index (χ3v) is 6.76. The van der Waals surface area contributed by atoms with Gasteiger partial charge >= 0.3 is 0 Å². The normalized spacial score (nSPS) is 11.1. The van der Waals surface area contributed by atoms with Crippen LogP contribution >= 0.6 is 34.8 Å². The van der Waals surface area contributed by atoms with E-state index < -0.39 is 10.0 Å². The molecule has 0 aliphatic carbocycles. The van der Waals surface area contributed by atoms with Crippen LogP contribution in [-0.4, -0.2) is 13.5 Å². The summed E-state index contributed by atoms with van der Waals surface area (Å²) in [5.41, 5.74) is 4.76.